The summed E-state index contributed by atoms with van der Waals surface area (Å²) in [6.45, 7) is 1.69. The molecular weight excluding hydrogens is 328 g/mol. The molecule has 1 aromatic carbocycles. The molecule has 26 heavy (non-hydrogen) atoms. The van der Waals surface area contributed by atoms with Gasteiger partial charge in [-0.1, -0.05) is 18.2 Å². The predicted octanol–water partition coefficient (Wildman–Crippen LogP) is 1.94. The van der Waals surface area contributed by atoms with Gasteiger partial charge in [0, 0.05) is 44.3 Å². The number of hydrogen-bond acceptors (Lipinski definition) is 4. The summed E-state index contributed by atoms with van der Waals surface area (Å²) < 4.78 is 0. The van der Waals surface area contributed by atoms with Gasteiger partial charge >= 0.3 is 0 Å². The quantitative estimate of drug-likeness (QED) is 0.893. The van der Waals surface area contributed by atoms with Crippen molar-refractivity contribution in [2.45, 2.75) is 18.9 Å². The van der Waals surface area contributed by atoms with Crippen molar-refractivity contribution in [2.75, 3.05) is 31.6 Å². The van der Waals surface area contributed by atoms with Crippen LogP contribution in [0.25, 0.3) is 0 Å². The Morgan fingerprint density at radius 1 is 1.15 bits per heavy atom. The standard InChI is InChI=1S/C20H24N4O2/c1-23(18-7-3-2-4-8-18)15-19(25)24-12-9-17(10-13-24)22-20(26)16-6-5-11-21-14-16/h2-8,11,14,17H,9-10,12-13,15H2,1H3,(H,22,26). The van der Waals surface area contributed by atoms with Crippen molar-refractivity contribution in [3.8, 4) is 0 Å². The van der Waals surface area contributed by atoms with E-state index >= 15 is 0 Å². The second-order valence-corrected chi connectivity index (χ2v) is 6.56. The number of aromatic nitrogens is 1. The highest BCUT2D eigenvalue weighted by atomic mass is 16.2. The van der Waals surface area contributed by atoms with Crippen LogP contribution in [0.5, 0.6) is 0 Å². The van der Waals surface area contributed by atoms with E-state index in [9.17, 15) is 9.59 Å². The average molecular weight is 352 g/mol. The monoisotopic (exact) mass is 352 g/mol. The Bertz CT molecular complexity index is 728. The van der Waals surface area contributed by atoms with Gasteiger partial charge in [0.1, 0.15) is 0 Å². The van der Waals surface area contributed by atoms with Gasteiger partial charge in [0.2, 0.25) is 5.91 Å². The number of nitrogens with zero attached hydrogens (tertiary/aromatic N) is 3. The number of piperidine rings is 1. The van der Waals surface area contributed by atoms with E-state index < -0.39 is 0 Å². The van der Waals surface area contributed by atoms with E-state index in [2.05, 4.69) is 10.3 Å². The van der Waals surface area contributed by atoms with Gasteiger partial charge < -0.3 is 15.1 Å². The second-order valence-electron chi connectivity index (χ2n) is 6.56. The van der Waals surface area contributed by atoms with Crippen LogP contribution < -0.4 is 10.2 Å². The lowest BCUT2D eigenvalue weighted by molar-refractivity contribution is -0.130. The van der Waals surface area contributed by atoms with E-state index in [0.29, 0.717) is 25.2 Å². The Kier molecular flexibility index (Phi) is 5.84. The molecule has 1 aliphatic rings. The highest BCUT2D eigenvalue weighted by Gasteiger charge is 2.24. The number of nitrogens with one attached hydrogen (secondary N) is 1. The third-order valence-corrected chi connectivity index (χ3v) is 4.68. The van der Waals surface area contributed by atoms with Crippen LogP contribution in [-0.4, -0.2) is 54.4 Å². The number of rotatable bonds is 5. The molecule has 0 atom stereocenters. The molecule has 1 aromatic heterocycles. The lowest BCUT2D eigenvalue weighted by Gasteiger charge is -2.33. The first-order chi connectivity index (χ1) is 12.6. The zero-order valence-electron chi connectivity index (χ0n) is 15.0. The summed E-state index contributed by atoms with van der Waals surface area (Å²) in [5.41, 5.74) is 1.59. The fraction of sp³-hybridized carbons (Fsp3) is 0.350. The summed E-state index contributed by atoms with van der Waals surface area (Å²) in [5, 5.41) is 3.03. The van der Waals surface area contributed by atoms with Gasteiger partial charge in [0.25, 0.3) is 5.91 Å². The Morgan fingerprint density at radius 3 is 2.54 bits per heavy atom. The van der Waals surface area contributed by atoms with Crippen LogP contribution in [0.3, 0.4) is 0 Å². The number of likely N-dealkylation sites (N-methyl/N-ethyl adjacent to an activating group) is 1. The van der Waals surface area contributed by atoms with Crippen molar-refractivity contribution in [1.29, 1.82) is 0 Å². The first-order valence-corrected chi connectivity index (χ1v) is 8.88. The normalized spacial score (nSPS) is 14.7. The van der Waals surface area contributed by atoms with Crippen molar-refractivity contribution >= 4 is 17.5 Å². The van der Waals surface area contributed by atoms with Gasteiger partial charge in [0.15, 0.2) is 0 Å². The van der Waals surface area contributed by atoms with Gasteiger partial charge in [-0.3, -0.25) is 14.6 Å². The Labute approximate surface area is 153 Å². The molecule has 6 nitrogen and oxygen atoms in total. The van der Waals surface area contributed by atoms with Crippen molar-refractivity contribution in [1.82, 2.24) is 15.2 Å². The molecule has 0 bridgehead atoms. The third-order valence-electron chi connectivity index (χ3n) is 4.68. The van der Waals surface area contributed by atoms with Crippen molar-refractivity contribution in [3.63, 3.8) is 0 Å². The Balaban J connectivity index is 1.46. The molecule has 3 rings (SSSR count). The SMILES string of the molecule is CN(CC(=O)N1CCC(NC(=O)c2cccnc2)CC1)c1ccccc1. The van der Waals surface area contributed by atoms with Crippen molar-refractivity contribution in [2.24, 2.45) is 0 Å². The smallest absolute Gasteiger partial charge is 0.253 e. The molecule has 1 aliphatic heterocycles. The Hall–Kier alpha value is -2.89. The number of carbonyl (C=O) groups excluding carboxylic acids is 2. The Morgan fingerprint density at radius 2 is 1.88 bits per heavy atom. The van der Waals surface area contributed by atoms with E-state index in [1.54, 1.807) is 24.5 Å². The topological polar surface area (TPSA) is 65.5 Å². The summed E-state index contributed by atoms with van der Waals surface area (Å²) in [5.74, 6) is 0.0140. The molecular formula is C20H24N4O2. The first-order valence-electron chi connectivity index (χ1n) is 8.88. The maximum atomic E-state index is 12.5. The van der Waals surface area contributed by atoms with Crippen molar-refractivity contribution < 1.29 is 9.59 Å². The molecule has 1 N–H and O–H groups in total. The molecule has 2 amide bonds. The van der Waals surface area contributed by atoms with E-state index in [-0.39, 0.29) is 17.9 Å². The van der Waals surface area contributed by atoms with Gasteiger partial charge in [-0.05, 0) is 37.1 Å². The minimum absolute atomic E-state index is 0.0959. The summed E-state index contributed by atoms with van der Waals surface area (Å²) >= 11 is 0. The van der Waals surface area contributed by atoms with Crippen LogP contribution in [0.15, 0.2) is 54.9 Å². The molecule has 136 valence electrons. The zero-order valence-corrected chi connectivity index (χ0v) is 15.0. The lowest BCUT2D eigenvalue weighted by atomic mass is 10.0. The van der Waals surface area contributed by atoms with E-state index in [0.717, 1.165) is 18.5 Å². The van der Waals surface area contributed by atoms with Gasteiger partial charge in [0.05, 0.1) is 12.1 Å². The third kappa shape index (κ3) is 4.59. The molecule has 2 aromatic rings. The van der Waals surface area contributed by atoms with Crippen LogP contribution in [0.2, 0.25) is 0 Å². The number of carbonyl (C=O) groups is 2. The van der Waals surface area contributed by atoms with Crippen LogP contribution in [-0.2, 0) is 4.79 Å². The summed E-state index contributed by atoms with van der Waals surface area (Å²) in [7, 11) is 1.92. The minimum atomic E-state index is -0.105. The highest BCUT2D eigenvalue weighted by molar-refractivity contribution is 5.94. The molecule has 0 radical (unpaired) electrons. The molecule has 1 fully saturated rings. The predicted molar refractivity (Wildman–Crippen MR) is 101 cm³/mol. The maximum absolute atomic E-state index is 12.5. The van der Waals surface area contributed by atoms with E-state index in [4.69, 9.17) is 0 Å². The molecule has 0 spiro atoms. The van der Waals surface area contributed by atoms with Crippen molar-refractivity contribution in [3.05, 3.63) is 60.4 Å². The molecule has 6 heteroatoms. The lowest BCUT2D eigenvalue weighted by Crippen LogP contribution is -2.48. The molecule has 1 saturated heterocycles. The second kappa shape index (κ2) is 8.47. The zero-order chi connectivity index (χ0) is 18.4. The molecule has 2 heterocycles. The van der Waals surface area contributed by atoms with Gasteiger partial charge in [-0.2, -0.15) is 0 Å². The number of pyridine rings is 1. The number of amides is 2. The highest BCUT2D eigenvalue weighted by Crippen LogP contribution is 2.14. The minimum Gasteiger partial charge on any atom is -0.365 e. The van der Waals surface area contributed by atoms with Crippen LogP contribution >= 0.6 is 0 Å². The molecule has 0 unspecified atom stereocenters. The van der Waals surface area contributed by atoms with Crippen LogP contribution in [0.4, 0.5) is 5.69 Å². The summed E-state index contributed by atoms with van der Waals surface area (Å²) in [6.07, 6.45) is 4.75. The number of anilines is 1. The number of hydrogen-bond donors (Lipinski definition) is 1. The average Bonchev–Trinajstić information content (AvgIpc) is 2.69. The van der Waals surface area contributed by atoms with Gasteiger partial charge in [-0.25, -0.2) is 0 Å². The summed E-state index contributed by atoms with van der Waals surface area (Å²) in [4.78, 5) is 32.5. The largest absolute Gasteiger partial charge is 0.365 e. The van der Waals surface area contributed by atoms with Gasteiger partial charge in [-0.15, -0.1) is 0 Å². The molecule has 0 aliphatic carbocycles. The summed E-state index contributed by atoms with van der Waals surface area (Å²) in [6, 6.07) is 13.5. The first kappa shape index (κ1) is 17.9. The van der Waals surface area contributed by atoms with E-state index in [1.807, 2.05) is 47.2 Å². The van der Waals surface area contributed by atoms with Crippen LogP contribution in [0.1, 0.15) is 23.2 Å². The van der Waals surface area contributed by atoms with E-state index in [1.165, 1.54) is 0 Å². The number of benzene rings is 1. The fourth-order valence-corrected chi connectivity index (χ4v) is 3.12. The number of para-hydroxylation sites is 1. The molecule has 0 saturated carbocycles. The maximum Gasteiger partial charge on any atom is 0.253 e. The van der Waals surface area contributed by atoms with Crippen LogP contribution in [0, 0.1) is 0 Å². The fourth-order valence-electron chi connectivity index (χ4n) is 3.12. The number of likely N-dealkylation sites (tertiary alicyclic amines) is 1.